The highest BCUT2D eigenvalue weighted by atomic mass is 14.3. The summed E-state index contributed by atoms with van der Waals surface area (Å²) in [6, 6.07) is 51.3. The van der Waals surface area contributed by atoms with E-state index in [9.17, 15) is 0 Å². The van der Waals surface area contributed by atoms with Gasteiger partial charge >= 0.3 is 0 Å². The van der Waals surface area contributed by atoms with Crippen LogP contribution in [0, 0.1) is 0 Å². The van der Waals surface area contributed by atoms with Gasteiger partial charge in [-0.3, -0.25) is 0 Å². The van der Waals surface area contributed by atoms with Gasteiger partial charge in [-0.05, 0) is 194 Å². The Morgan fingerprint density at radius 2 is 0.750 bits per heavy atom. The molecule has 314 valence electrons. The van der Waals surface area contributed by atoms with Gasteiger partial charge in [0.25, 0.3) is 0 Å². The maximum absolute atomic E-state index is 2.61. The van der Waals surface area contributed by atoms with Crippen molar-refractivity contribution in [3.8, 4) is 22.3 Å². The summed E-state index contributed by atoms with van der Waals surface area (Å²) >= 11 is 0. The molecule has 0 aromatic heterocycles. The molecule has 0 aliphatic carbocycles. The fourth-order valence-electron chi connectivity index (χ4n) is 11.7. The molecule has 0 heteroatoms. The van der Waals surface area contributed by atoms with Crippen LogP contribution in [0.4, 0.5) is 0 Å². The fraction of sp³-hybridized carbons (Fsp3) is 0.250. The molecule has 0 unspecified atom stereocenters. The number of fused-ring (bicyclic) bond motifs is 7. The van der Waals surface area contributed by atoms with Crippen molar-refractivity contribution in [2.75, 3.05) is 0 Å². The standard InChI is InChI=1S/C64H58/c1-33(2)40-22-41(34(3)4)25-44(24-40)58-53-31-51-48-16-12-14-37-15-13-17-49(57(37)48)52(51)32-54(53)59(45-26-42(35(5)6)23-43(27-45)36(7)8)63-55-30-46-29-47(64(9,10)11)28-39-19-18-38-20-21-50(62(58)63)61(55)60(38)56(39)46/h12-36H,1-11H3. The Kier molecular flexibility index (Phi) is 8.39. The van der Waals surface area contributed by atoms with Crippen LogP contribution in [-0.4, -0.2) is 0 Å². The van der Waals surface area contributed by atoms with E-state index in [2.05, 4.69) is 204 Å². The molecule has 0 heterocycles. The molecule has 0 amide bonds. The van der Waals surface area contributed by atoms with E-state index < -0.39 is 0 Å². The molecule has 12 rings (SSSR count). The highest BCUT2D eigenvalue weighted by Crippen LogP contribution is 2.56. The zero-order valence-electron chi connectivity index (χ0n) is 39.4. The molecule has 64 heavy (non-hydrogen) atoms. The van der Waals surface area contributed by atoms with Crippen molar-refractivity contribution in [1.82, 2.24) is 0 Å². The van der Waals surface area contributed by atoms with Crippen molar-refractivity contribution >= 4 is 97.0 Å². The van der Waals surface area contributed by atoms with Gasteiger partial charge < -0.3 is 0 Å². The maximum Gasteiger partial charge on any atom is -0.000718 e. The summed E-state index contributed by atoms with van der Waals surface area (Å²) < 4.78 is 0. The quantitative estimate of drug-likeness (QED) is 0.147. The molecule has 0 fully saturated rings. The van der Waals surface area contributed by atoms with Crippen LogP contribution in [0.25, 0.3) is 119 Å². The van der Waals surface area contributed by atoms with Crippen LogP contribution in [0.5, 0.6) is 0 Å². The molecular formula is C64H58. The van der Waals surface area contributed by atoms with E-state index in [1.807, 2.05) is 0 Å². The van der Waals surface area contributed by atoms with Crippen molar-refractivity contribution < 1.29 is 0 Å². The second-order valence-electron chi connectivity index (χ2n) is 21.7. The first-order valence-corrected chi connectivity index (χ1v) is 23.9. The first kappa shape index (κ1) is 39.4. The van der Waals surface area contributed by atoms with Gasteiger partial charge in [0.1, 0.15) is 0 Å². The minimum Gasteiger partial charge on any atom is -0.0610 e. The summed E-state index contributed by atoms with van der Waals surface area (Å²) in [5.74, 6) is 1.58. The fourth-order valence-corrected chi connectivity index (χ4v) is 11.7. The average Bonchev–Trinajstić information content (AvgIpc) is 3.77. The Morgan fingerprint density at radius 3 is 1.25 bits per heavy atom. The summed E-state index contributed by atoms with van der Waals surface area (Å²) in [4.78, 5) is 0. The molecule has 0 radical (unpaired) electrons. The van der Waals surface area contributed by atoms with Crippen molar-refractivity contribution in [3.05, 3.63) is 155 Å². The molecule has 12 aromatic carbocycles. The Labute approximate surface area is 377 Å². The molecule has 0 aliphatic heterocycles. The van der Waals surface area contributed by atoms with Crippen molar-refractivity contribution in [3.63, 3.8) is 0 Å². The van der Waals surface area contributed by atoms with Gasteiger partial charge in [0.15, 0.2) is 0 Å². The third-order valence-electron chi connectivity index (χ3n) is 15.2. The Hall–Kier alpha value is -6.24. The third kappa shape index (κ3) is 5.54. The van der Waals surface area contributed by atoms with Gasteiger partial charge in [0.2, 0.25) is 0 Å². The minimum absolute atomic E-state index is 0.0172. The first-order valence-electron chi connectivity index (χ1n) is 23.9. The molecule has 0 nitrogen and oxygen atoms in total. The van der Waals surface area contributed by atoms with Crippen LogP contribution in [0.3, 0.4) is 0 Å². The number of benzene rings is 10. The van der Waals surface area contributed by atoms with Gasteiger partial charge in [0, 0.05) is 0 Å². The van der Waals surface area contributed by atoms with Gasteiger partial charge in [-0.25, -0.2) is 0 Å². The van der Waals surface area contributed by atoms with E-state index >= 15 is 0 Å². The second kappa shape index (κ2) is 13.6. The van der Waals surface area contributed by atoms with Crippen LogP contribution in [0.1, 0.15) is 128 Å². The molecule has 12 aromatic rings. The molecule has 0 bridgehead atoms. The van der Waals surface area contributed by atoms with Crippen LogP contribution < -0.4 is 0 Å². The lowest BCUT2D eigenvalue weighted by molar-refractivity contribution is 0.591. The van der Waals surface area contributed by atoms with Gasteiger partial charge in [-0.15, -0.1) is 0 Å². The van der Waals surface area contributed by atoms with Crippen LogP contribution in [0.2, 0.25) is 0 Å². The smallest absolute Gasteiger partial charge is 0.000718 e. The highest BCUT2D eigenvalue weighted by Gasteiger charge is 2.28. The number of hydrogen-bond acceptors (Lipinski definition) is 0. The topological polar surface area (TPSA) is 0 Å². The van der Waals surface area contributed by atoms with E-state index in [1.54, 1.807) is 0 Å². The lowest BCUT2D eigenvalue weighted by Crippen LogP contribution is -2.10. The summed E-state index contributed by atoms with van der Waals surface area (Å²) in [7, 11) is 0. The van der Waals surface area contributed by atoms with Gasteiger partial charge in [-0.1, -0.05) is 185 Å². The normalized spacial score (nSPS) is 13.2. The molecule has 0 aliphatic rings. The molecule has 0 N–H and O–H groups in total. The molecule has 0 saturated carbocycles. The Bertz CT molecular complexity index is 3800. The first-order chi connectivity index (χ1) is 30.7. The summed E-state index contributed by atoms with van der Waals surface area (Å²) in [6.07, 6.45) is 0. The molecule has 0 spiro atoms. The molecular weight excluding hydrogens is 769 g/mol. The maximum atomic E-state index is 2.61. The van der Waals surface area contributed by atoms with Gasteiger partial charge in [-0.2, -0.15) is 0 Å². The monoisotopic (exact) mass is 826 g/mol. The zero-order valence-corrected chi connectivity index (χ0v) is 39.4. The van der Waals surface area contributed by atoms with Crippen molar-refractivity contribution in [2.45, 2.75) is 105 Å². The van der Waals surface area contributed by atoms with Crippen LogP contribution >= 0.6 is 0 Å². The van der Waals surface area contributed by atoms with E-state index in [1.165, 1.54) is 147 Å². The summed E-state index contributed by atoms with van der Waals surface area (Å²) in [5.41, 5.74) is 12.4. The van der Waals surface area contributed by atoms with E-state index in [0.717, 1.165) is 0 Å². The van der Waals surface area contributed by atoms with Crippen LogP contribution in [-0.2, 0) is 5.41 Å². The predicted octanol–water partition coefficient (Wildman–Crippen LogP) is 19.5. The predicted molar refractivity (Wildman–Crippen MR) is 283 cm³/mol. The van der Waals surface area contributed by atoms with Crippen molar-refractivity contribution in [2.24, 2.45) is 0 Å². The minimum atomic E-state index is 0.0172. The average molecular weight is 827 g/mol. The van der Waals surface area contributed by atoms with Crippen molar-refractivity contribution in [1.29, 1.82) is 0 Å². The van der Waals surface area contributed by atoms with Crippen LogP contribution in [0.15, 0.2) is 127 Å². The SMILES string of the molecule is CC(C)c1cc(-c2c3cc4c(cc3c(-c3cc(C(C)C)cc(C(C)C)c3)c3c5cc6cc(C(C)(C)C)cc7ccc8ccc(c23)c5c8c76)c2cccc3cccc4c32)cc(C(C)C)c1. The number of hydrogen-bond donors (Lipinski definition) is 0. The largest absolute Gasteiger partial charge is 0.0610 e. The third-order valence-corrected chi connectivity index (χ3v) is 15.2. The highest BCUT2D eigenvalue weighted by molar-refractivity contribution is 6.46. The van der Waals surface area contributed by atoms with E-state index in [4.69, 9.17) is 0 Å². The van der Waals surface area contributed by atoms with E-state index in [-0.39, 0.29) is 5.41 Å². The Balaban J connectivity index is 1.41. The zero-order chi connectivity index (χ0) is 44.2. The summed E-state index contributed by atoms with van der Waals surface area (Å²) in [6.45, 7) is 25.9. The molecule has 0 saturated heterocycles. The lowest BCUT2D eigenvalue weighted by atomic mass is 9.82. The Morgan fingerprint density at radius 1 is 0.297 bits per heavy atom. The van der Waals surface area contributed by atoms with Gasteiger partial charge in [0.05, 0.1) is 0 Å². The second-order valence-corrected chi connectivity index (χ2v) is 21.7. The summed E-state index contributed by atoms with van der Waals surface area (Å²) in [5, 5.41) is 24.4. The number of rotatable bonds is 6. The lowest BCUT2D eigenvalue weighted by Gasteiger charge is -2.22. The van der Waals surface area contributed by atoms with E-state index in [0.29, 0.717) is 23.7 Å². The molecule has 0 atom stereocenters.